The summed E-state index contributed by atoms with van der Waals surface area (Å²) in [6.45, 7) is 0. The molecule has 6 aromatic carbocycles. The Morgan fingerprint density at radius 3 is 2.26 bits per heavy atom. The summed E-state index contributed by atoms with van der Waals surface area (Å²) in [4.78, 5) is 6.53. The lowest BCUT2D eigenvalue weighted by Crippen LogP contribution is -2.44. The first-order valence-electron chi connectivity index (χ1n) is 16.3. The number of allylic oxidation sites excluding steroid dienone is 3. The van der Waals surface area contributed by atoms with Crippen LogP contribution in [0.1, 0.15) is 35.4 Å². The first-order valence-corrected chi connectivity index (χ1v) is 17.2. The highest BCUT2D eigenvalue weighted by atomic mass is 32.2. The van der Waals surface area contributed by atoms with E-state index in [9.17, 15) is 0 Å². The van der Waals surface area contributed by atoms with Gasteiger partial charge in [0, 0.05) is 21.8 Å². The molecule has 4 unspecified atom stereocenters. The van der Waals surface area contributed by atoms with E-state index in [-0.39, 0.29) is 12.3 Å². The SMILES string of the molecule is C1=CCC(C2Nc3c(ccc4ccc5cc(C6NC(c7ccccc7)=NC(c7cccc(-c8ccccc8)c7)N6)ccc5c34)S2)C=C1. The van der Waals surface area contributed by atoms with Gasteiger partial charge < -0.3 is 10.6 Å². The van der Waals surface area contributed by atoms with Gasteiger partial charge in [-0.15, -0.1) is 0 Å². The second kappa shape index (κ2) is 11.9. The van der Waals surface area contributed by atoms with Gasteiger partial charge >= 0.3 is 0 Å². The van der Waals surface area contributed by atoms with Crippen molar-refractivity contribution in [1.29, 1.82) is 0 Å². The molecule has 6 aromatic rings. The summed E-state index contributed by atoms with van der Waals surface area (Å²) in [6.07, 6.45) is 9.68. The molecule has 47 heavy (non-hydrogen) atoms. The fraction of sp³-hybridized carbons (Fsp3) is 0.119. The number of fused-ring (bicyclic) bond motifs is 5. The van der Waals surface area contributed by atoms with Gasteiger partial charge in [-0.05, 0) is 63.0 Å². The van der Waals surface area contributed by atoms with E-state index in [0.29, 0.717) is 11.3 Å². The van der Waals surface area contributed by atoms with E-state index in [4.69, 9.17) is 4.99 Å². The van der Waals surface area contributed by atoms with Crippen LogP contribution in [0, 0.1) is 5.92 Å². The van der Waals surface area contributed by atoms with E-state index in [1.807, 2.05) is 17.8 Å². The van der Waals surface area contributed by atoms with Gasteiger partial charge in [0.05, 0.1) is 11.1 Å². The van der Waals surface area contributed by atoms with Crippen LogP contribution < -0.4 is 16.0 Å². The molecule has 0 spiro atoms. The number of hydrogen-bond donors (Lipinski definition) is 3. The molecule has 9 rings (SSSR count). The van der Waals surface area contributed by atoms with Crippen LogP contribution in [0.5, 0.6) is 0 Å². The Morgan fingerprint density at radius 1 is 0.638 bits per heavy atom. The normalized spacial score (nSPS) is 21.7. The maximum atomic E-state index is 5.20. The Labute approximate surface area is 279 Å². The second-order valence-corrected chi connectivity index (χ2v) is 13.6. The third-order valence-corrected chi connectivity index (χ3v) is 10.8. The molecule has 5 heteroatoms. The fourth-order valence-corrected chi connectivity index (χ4v) is 8.32. The third-order valence-electron chi connectivity index (χ3n) is 9.48. The molecule has 0 amide bonds. The molecular weight excluding hydrogens is 593 g/mol. The van der Waals surface area contributed by atoms with E-state index in [0.717, 1.165) is 23.4 Å². The van der Waals surface area contributed by atoms with Crippen molar-refractivity contribution in [2.75, 3.05) is 5.32 Å². The Bertz CT molecular complexity index is 2210. The van der Waals surface area contributed by atoms with Crippen molar-refractivity contribution in [3.63, 3.8) is 0 Å². The van der Waals surface area contributed by atoms with Crippen LogP contribution in [0.2, 0.25) is 0 Å². The summed E-state index contributed by atoms with van der Waals surface area (Å²) >= 11 is 1.96. The third kappa shape index (κ3) is 5.32. The molecule has 4 nitrogen and oxygen atoms in total. The summed E-state index contributed by atoms with van der Waals surface area (Å²) in [6, 6.07) is 45.7. The van der Waals surface area contributed by atoms with Crippen LogP contribution in [0.4, 0.5) is 5.69 Å². The number of anilines is 1. The highest BCUT2D eigenvalue weighted by molar-refractivity contribution is 8.00. The average Bonchev–Trinajstić information content (AvgIpc) is 3.60. The standard InChI is InChI=1S/C42H34N4S/c1-4-11-27(12-5-1)31-17-10-18-33(25-31)40-44-39(29-13-6-2-7-14-29)45-41(46-40)34-21-23-35-32(26-34)20-19-28-22-24-36-38(37(28)35)43-42(47-36)30-15-8-3-9-16-30/h1-15,17-26,30,40-43,46H,16H2,(H,44,45). The second-order valence-electron chi connectivity index (χ2n) is 12.5. The Balaban J connectivity index is 1.08. The molecule has 0 bridgehead atoms. The minimum absolute atomic E-state index is 0.126. The van der Waals surface area contributed by atoms with Crippen molar-refractivity contribution in [2.24, 2.45) is 10.9 Å². The van der Waals surface area contributed by atoms with Gasteiger partial charge in [0.25, 0.3) is 0 Å². The zero-order chi connectivity index (χ0) is 31.2. The van der Waals surface area contributed by atoms with Gasteiger partial charge in [-0.25, -0.2) is 4.99 Å². The van der Waals surface area contributed by atoms with Crippen LogP contribution in [-0.2, 0) is 0 Å². The monoisotopic (exact) mass is 626 g/mol. The van der Waals surface area contributed by atoms with E-state index >= 15 is 0 Å². The minimum atomic E-state index is -0.211. The summed E-state index contributed by atoms with van der Waals surface area (Å²) in [7, 11) is 0. The quantitative estimate of drug-likeness (QED) is 0.167. The van der Waals surface area contributed by atoms with Gasteiger partial charge in [0.2, 0.25) is 0 Å². The number of benzene rings is 6. The first-order chi connectivity index (χ1) is 23.3. The zero-order valence-electron chi connectivity index (χ0n) is 25.8. The van der Waals surface area contributed by atoms with Crippen molar-refractivity contribution in [3.8, 4) is 11.1 Å². The van der Waals surface area contributed by atoms with Crippen LogP contribution in [0.25, 0.3) is 32.7 Å². The predicted octanol–water partition coefficient (Wildman–Crippen LogP) is 9.97. The molecule has 228 valence electrons. The Kier molecular flexibility index (Phi) is 7.14. The molecule has 0 saturated heterocycles. The van der Waals surface area contributed by atoms with E-state index in [1.54, 1.807) is 0 Å². The molecule has 2 heterocycles. The van der Waals surface area contributed by atoms with E-state index < -0.39 is 0 Å². The smallest absolute Gasteiger partial charge is 0.131 e. The maximum Gasteiger partial charge on any atom is 0.131 e. The number of aliphatic imine (C=N–C) groups is 1. The lowest BCUT2D eigenvalue weighted by atomic mass is 9.96. The van der Waals surface area contributed by atoms with Crippen molar-refractivity contribution >= 4 is 44.8 Å². The fourth-order valence-electron chi connectivity index (χ4n) is 7.07. The topological polar surface area (TPSA) is 48.5 Å². The van der Waals surface area contributed by atoms with Crippen LogP contribution >= 0.6 is 11.8 Å². The highest BCUT2D eigenvalue weighted by Crippen LogP contribution is 2.48. The van der Waals surface area contributed by atoms with Gasteiger partial charge in [-0.1, -0.05) is 145 Å². The zero-order valence-corrected chi connectivity index (χ0v) is 26.6. The largest absolute Gasteiger partial charge is 0.371 e. The lowest BCUT2D eigenvalue weighted by molar-refractivity contribution is 0.409. The summed E-state index contributed by atoms with van der Waals surface area (Å²) in [5.74, 6) is 1.37. The number of rotatable bonds is 5. The van der Waals surface area contributed by atoms with Crippen molar-refractivity contribution in [3.05, 3.63) is 168 Å². The Morgan fingerprint density at radius 2 is 1.43 bits per heavy atom. The molecule has 0 saturated carbocycles. The molecule has 2 aliphatic heterocycles. The van der Waals surface area contributed by atoms with Gasteiger partial charge in [0.1, 0.15) is 18.2 Å². The number of thioether (sulfide) groups is 1. The summed E-state index contributed by atoms with van der Waals surface area (Å²) in [5.41, 5.74) is 7.04. The summed E-state index contributed by atoms with van der Waals surface area (Å²) in [5, 5.41) is 16.9. The molecule has 3 aliphatic rings. The molecular formula is C42H34N4S. The van der Waals surface area contributed by atoms with Crippen LogP contribution in [-0.4, -0.2) is 11.2 Å². The van der Waals surface area contributed by atoms with Crippen molar-refractivity contribution in [1.82, 2.24) is 10.6 Å². The number of nitrogens with one attached hydrogen (secondary N) is 3. The molecule has 1 aliphatic carbocycles. The molecule has 0 aromatic heterocycles. The average molecular weight is 627 g/mol. The number of nitrogens with zero attached hydrogens (tertiary/aromatic N) is 1. The number of hydrogen-bond acceptors (Lipinski definition) is 5. The number of amidine groups is 1. The van der Waals surface area contributed by atoms with Crippen LogP contribution in [0.3, 0.4) is 0 Å². The first kappa shape index (κ1) is 28.1. The molecule has 0 fully saturated rings. The van der Waals surface area contributed by atoms with Gasteiger partial charge in [-0.2, -0.15) is 0 Å². The highest BCUT2D eigenvalue weighted by Gasteiger charge is 2.30. The Hall–Kier alpha value is -5.10. The summed E-state index contributed by atoms with van der Waals surface area (Å²) < 4.78 is 0. The van der Waals surface area contributed by atoms with E-state index in [1.165, 1.54) is 48.8 Å². The lowest BCUT2D eigenvalue weighted by Gasteiger charge is -2.32. The van der Waals surface area contributed by atoms with Crippen molar-refractivity contribution in [2.45, 2.75) is 29.0 Å². The van der Waals surface area contributed by atoms with Crippen molar-refractivity contribution < 1.29 is 0 Å². The predicted molar refractivity (Wildman–Crippen MR) is 198 cm³/mol. The molecule has 4 atom stereocenters. The van der Waals surface area contributed by atoms with Gasteiger partial charge in [0.15, 0.2) is 0 Å². The maximum absolute atomic E-state index is 5.20. The minimum Gasteiger partial charge on any atom is -0.371 e. The van der Waals surface area contributed by atoms with Crippen LogP contribution in [0.15, 0.2) is 162 Å². The van der Waals surface area contributed by atoms with Gasteiger partial charge in [-0.3, -0.25) is 5.32 Å². The van der Waals surface area contributed by atoms with E-state index in [2.05, 4.69) is 162 Å². The molecule has 3 N–H and O–H groups in total. The molecule has 0 radical (unpaired) electrons.